The summed E-state index contributed by atoms with van der Waals surface area (Å²) in [6.45, 7) is 0. The van der Waals surface area contributed by atoms with E-state index in [1.54, 1.807) is 0 Å². The topological polar surface area (TPSA) is 3.24 Å². The highest BCUT2D eigenvalue weighted by Gasteiger charge is 2.07. The Morgan fingerprint density at radius 2 is 1.42 bits per heavy atom. The fourth-order valence-corrected chi connectivity index (χ4v) is 5.51. The standard InChI is InChI=1S/C8H8I3N/c1-12(2)8-6(10)3-5(9)4-7(8)11/h3-4H,1-2H3. The van der Waals surface area contributed by atoms with Crippen LogP contribution in [0.3, 0.4) is 0 Å². The SMILES string of the molecule is CN(C)c1c(I)cc(I)cc1I. The van der Waals surface area contributed by atoms with Gasteiger partial charge in [-0.1, -0.05) is 0 Å². The van der Waals surface area contributed by atoms with Gasteiger partial charge in [0.15, 0.2) is 0 Å². The van der Waals surface area contributed by atoms with Crippen molar-refractivity contribution in [3.63, 3.8) is 0 Å². The summed E-state index contributed by atoms with van der Waals surface area (Å²) >= 11 is 7.09. The molecule has 0 saturated carbocycles. The van der Waals surface area contributed by atoms with E-state index in [0.29, 0.717) is 0 Å². The molecule has 0 N–H and O–H groups in total. The van der Waals surface area contributed by atoms with Gasteiger partial charge in [0.25, 0.3) is 0 Å². The molecule has 0 aliphatic rings. The molecule has 0 amide bonds. The molecule has 0 bridgehead atoms. The van der Waals surface area contributed by atoms with Gasteiger partial charge in [0, 0.05) is 24.8 Å². The molecule has 0 heterocycles. The molecule has 0 aliphatic heterocycles. The lowest BCUT2D eigenvalue weighted by atomic mass is 10.3. The molecule has 0 unspecified atom stereocenters. The van der Waals surface area contributed by atoms with E-state index in [9.17, 15) is 0 Å². The molecule has 1 rings (SSSR count). The Kier molecular flexibility index (Phi) is 4.35. The summed E-state index contributed by atoms with van der Waals surface area (Å²) in [5.74, 6) is 0. The van der Waals surface area contributed by atoms with Crippen molar-refractivity contribution in [2.75, 3.05) is 19.0 Å². The maximum absolute atomic E-state index is 2.38. The Hall–Kier alpha value is 1.21. The molecule has 0 aromatic heterocycles. The quantitative estimate of drug-likeness (QED) is 0.535. The van der Waals surface area contributed by atoms with Crippen LogP contribution in [0.5, 0.6) is 0 Å². The molecule has 0 spiro atoms. The Bertz CT molecular complexity index is 273. The van der Waals surface area contributed by atoms with Crippen molar-refractivity contribution < 1.29 is 0 Å². The monoisotopic (exact) mass is 499 g/mol. The maximum Gasteiger partial charge on any atom is 0.0633 e. The van der Waals surface area contributed by atoms with E-state index in [1.165, 1.54) is 16.4 Å². The Labute approximate surface area is 114 Å². The maximum atomic E-state index is 2.38. The van der Waals surface area contributed by atoms with Crippen LogP contribution in [0.15, 0.2) is 12.1 Å². The molecular weight excluding hydrogens is 491 g/mol. The second kappa shape index (κ2) is 4.63. The number of rotatable bonds is 1. The summed E-state index contributed by atoms with van der Waals surface area (Å²) in [6.07, 6.45) is 0. The van der Waals surface area contributed by atoms with Crippen molar-refractivity contribution in [3.8, 4) is 0 Å². The van der Waals surface area contributed by atoms with Crippen molar-refractivity contribution in [3.05, 3.63) is 22.8 Å². The van der Waals surface area contributed by atoms with Gasteiger partial charge in [-0.25, -0.2) is 0 Å². The minimum atomic E-state index is 1.30. The van der Waals surface area contributed by atoms with Crippen LogP contribution in [0, 0.1) is 10.7 Å². The van der Waals surface area contributed by atoms with Gasteiger partial charge >= 0.3 is 0 Å². The normalized spacial score (nSPS) is 10.1. The number of hydrogen-bond acceptors (Lipinski definition) is 1. The number of benzene rings is 1. The molecule has 0 atom stereocenters. The average Bonchev–Trinajstić information content (AvgIpc) is 1.82. The zero-order valence-corrected chi connectivity index (χ0v) is 13.2. The lowest BCUT2D eigenvalue weighted by Crippen LogP contribution is -2.12. The van der Waals surface area contributed by atoms with Crippen LogP contribution in [0.25, 0.3) is 0 Å². The number of hydrogen-bond donors (Lipinski definition) is 0. The van der Waals surface area contributed by atoms with Crippen LogP contribution in [-0.2, 0) is 0 Å². The molecule has 1 aromatic rings. The molecule has 12 heavy (non-hydrogen) atoms. The van der Waals surface area contributed by atoms with Gasteiger partial charge in [-0.05, 0) is 79.9 Å². The van der Waals surface area contributed by atoms with E-state index in [1.807, 2.05) is 0 Å². The molecule has 1 aromatic carbocycles. The van der Waals surface area contributed by atoms with Crippen molar-refractivity contribution >= 4 is 73.5 Å². The second-order valence-corrected chi connectivity index (χ2v) is 6.18. The van der Waals surface area contributed by atoms with Crippen LogP contribution < -0.4 is 4.90 Å². The number of nitrogens with zero attached hydrogens (tertiary/aromatic N) is 1. The third-order valence-electron chi connectivity index (χ3n) is 1.43. The third kappa shape index (κ3) is 2.60. The minimum absolute atomic E-state index is 1.30. The highest BCUT2D eigenvalue weighted by molar-refractivity contribution is 14.1. The van der Waals surface area contributed by atoms with E-state index in [2.05, 4.69) is 98.9 Å². The van der Waals surface area contributed by atoms with Crippen LogP contribution >= 0.6 is 67.8 Å². The minimum Gasteiger partial charge on any atom is -0.376 e. The second-order valence-electron chi connectivity index (χ2n) is 2.61. The summed E-state index contributed by atoms with van der Waals surface area (Å²) in [5, 5.41) is 0. The fourth-order valence-electron chi connectivity index (χ4n) is 0.962. The van der Waals surface area contributed by atoms with Crippen molar-refractivity contribution in [2.24, 2.45) is 0 Å². The molecule has 66 valence electrons. The van der Waals surface area contributed by atoms with Gasteiger partial charge in [0.1, 0.15) is 0 Å². The van der Waals surface area contributed by atoms with Gasteiger partial charge in [-0.3, -0.25) is 0 Å². The lowest BCUT2D eigenvalue weighted by molar-refractivity contribution is 1.11. The zero-order valence-electron chi connectivity index (χ0n) is 6.74. The first-order valence-electron chi connectivity index (χ1n) is 3.34. The first-order valence-corrected chi connectivity index (χ1v) is 6.58. The molecule has 1 nitrogen and oxygen atoms in total. The van der Waals surface area contributed by atoms with Crippen LogP contribution in [0.2, 0.25) is 0 Å². The van der Waals surface area contributed by atoms with E-state index >= 15 is 0 Å². The van der Waals surface area contributed by atoms with Gasteiger partial charge in [-0.2, -0.15) is 0 Å². The van der Waals surface area contributed by atoms with E-state index in [-0.39, 0.29) is 0 Å². The summed E-state index contributed by atoms with van der Waals surface area (Å²) in [7, 11) is 4.15. The highest BCUT2D eigenvalue weighted by atomic mass is 127. The fraction of sp³-hybridized carbons (Fsp3) is 0.250. The van der Waals surface area contributed by atoms with Gasteiger partial charge in [0.2, 0.25) is 0 Å². The third-order valence-corrected chi connectivity index (χ3v) is 3.70. The highest BCUT2D eigenvalue weighted by Crippen LogP contribution is 2.28. The zero-order chi connectivity index (χ0) is 9.30. The van der Waals surface area contributed by atoms with Gasteiger partial charge in [0.05, 0.1) is 5.69 Å². The molecule has 0 radical (unpaired) electrons. The van der Waals surface area contributed by atoms with Crippen LogP contribution in [0.4, 0.5) is 5.69 Å². The number of anilines is 1. The van der Waals surface area contributed by atoms with Crippen LogP contribution in [0.1, 0.15) is 0 Å². The number of halogens is 3. The molecule has 0 saturated heterocycles. The largest absolute Gasteiger partial charge is 0.376 e. The molecule has 4 heteroatoms. The first-order chi connectivity index (χ1) is 5.52. The average molecular weight is 499 g/mol. The predicted molar refractivity (Wildman–Crippen MR) is 78.9 cm³/mol. The summed E-state index contributed by atoms with van der Waals surface area (Å²) in [4.78, 5) is 2.15. The summed E-state index contributed by atoms with van der Waals surface area (Å²) in [5.41, 5.74) is 1.32. The molecule has 0 fully saturated rings. The smallest absolute Gasteiger partial charge is 0.0633 e. The van der Waals surface area contributed by atoms with Crippen molar-refractivity contribution in [1.29, 1.82) is 0 Å². The van der Waals surface area contributed by atoms with Crippen molar-refractivity contribution in [2.45, 2.75) is 0 Å². The lowest BCUT2D eigenvalue weighted by Gasteiger charge is -2.16. The summed E-state index contributed by atoms with van der Waals surface area (Å²) < 4.78 is 3.93. The van der Waals surface area contributed by atoms with E-state index in [0.717, 1.165) is 0 Å². The van der Waals surface area contributed by atoms with E-state index < -0.39 is 0 Å². The Balaban J connectivity index is 3.28. The Morgan fingerprint density at radius 3 is 1.75 bits per heavy atom. The van der Waals surface area contributed by atoms with Gasteiger partial charge < -0.3 is 4.90 Å². The van der Waals surface area contributed by atoms with Crippen molar-refractivity contribution in [1.82, 2.24) is 0 Å². The molecule has 0 aliphatic carbocycles. The van der Waals surface area contributed by atoms with Crippen LogP contribution in [-0.4, -0.2) is 14.1 Å². The predicted octanol–water partition coefficient (Wildman–Crippen LogP) is 3.57. The molecular formula is C8H8I3N. The first kappa shape index (κ1) is 11.3. The summed E-state index contributed by atoms with van der Waals surface area (Å²) in [6, 6.07) is 4.39. The van der Waals surface area contributed by atoms with E-state index in [4.69, 9.17) is 0 Å². The van der Waals surface area contributed by atoms with Gasteiger partial charge in [-0.15, -0.1) is 0 Å². The Morgan fingerprint density at radius 1 is 1.00 bits per heavy atom.